The van der Waals surface area contributed by atoms with E-state index >= 15 is 0 Å². The van der Waals surface area contributed by atoms with Gasteiger partial charge in [-0.1, -0.05) is 52.3 Å². The molecule has 0 amide bonds. The summed E-state index contributed by atoms with van der Waals surface area (Å²) in [6.45, 7) is 0.115. The fourth-order valence-corrected chi connectivity index (χ4v) is 4.65. The second kappa shape index (κ2) is 10.6. The Balaban J connectivity index is 1.39. The van der Waals surface area contributed by atoms with Crippen molar-refractivity contribution in [3.63, 3.8) is 0 Å². The van der Waals surface area contributed by atoms with Gasteiger partial charge in [-0.2, -0.15) is 9.78 Å². The normalized spacial score (nSPS) is 11.4. The van der Waals surface area contributed by atoms with E-state index in [4.69, 9.17) is 14.1 Å². The fourth-order valence-electron chi connectivity index (χ4n) is 4.27. The lowest BCUT2D eigenvalue weighted by atomic mass is 10.2. The summed E-state index contributed by atoms with van der Waals surface area (Å²) < 4.78 is 14.1. The SMILES string of the molecule is O=c1c2ccccc2nc(-c2cc3cc(Br)ccc3o2)n1N=Cc1ccccc1OCc1cccc([N+](=O)[O-])c1. The molecule has 0 atom stereocenters. The number of hydrogen-bond donors (Lipinski definition) is 0. The largest absolute Gasteiger partial charge is 0.488 e. The molecule has 0 aliphatic heterocycles. The van der Waals surface area contributed by atoms with Crippen molar-refractivity contribution in [3.8, 4) is 17.3 Å². The Morgan fingerprint density at radius 3 is 2.70 bits per heavy atom. The van der Waals surface area contributed by atoms with Gasteiger partial charge >= 0.3 is 0 Å². The Bertz CT molecular complexity index is 2000. The first-order valence-electron chi connectivity index (χ1n) is 12.2. The van der Waals surface area contributed by atoms with Gasteiger partial charge in [0, 0.05) is 27.6 Å². The van der Waals surface area contributed by atoms with Crippen LogP contribution in [0, 0.1) is 10.1 Å². The van der Waals surface area contributed by atoms with Crippen LogP contribution in [0.3, 0.4) is 0 Å². The highest BCUT2D eigenvalue weighted by molar-refractivity contribution is 9.10. The quantitative estimate of drug-likeness (QED) is 0.112. The molecule has 4 aromatic carbocycles. The van der Waals surface area contributed by atoms with Crippen LogP contribution in [0.4, 0.5) is 5.69 Å². The smallest absolute Gasteiger partial charge is 0.282 e. The zero-order valence-corrected chi connectivity index (χ0v) is 22.3. The van der Waals surface area contributed by atoms with Gasteiger partial charge < -0.3 is 9.15 Å². The minimum absolute atomic E-state index is 0.00963. The van der Waals surface area contributed by atoms with Crippen molar-refractivity contribution in [2.45, 2.75) is 6.61 Å². The summed E-state index contributed by atoms with van der Waals surface area (Å²) in [6, 6.07) is 28.0. The van der Waals surface area contributed by atoms with Crippen LogP contribution in [0.15, 0.2) is 116 Å². The number of nitro groups is 1. The molecular weight excluding hydrogens is 576 g/mol. The van der Waals surface area contributed by atoms with Crippen LogP contribution in [-0.2, 0) is 6.61 Å². The van der Waals surface area contributed by atoms with E-state index in [-0.39, 0.29) is 23.7 Å². The summed E-state index contributed by atoms with van der Waals surface area (Å²) in [5.41, 5.74) is 2.06. The van der Waals surface area contributed by atoms with Gasteiger partial charge in [0.1, 0.15) is 17.9 Å². The van der Waals surface area contributed by atoms with Gasteiger partial charge in [-0.3, -0.25) is 14.9 Å². The summed E-state index contributed by atoms with van der Waals surface area (Å²) in [7, 11) is 0. The van der Waals surface area contributed by atoms with Crippen LogP contribution in [0.2, 0.25) is 0 Å². The molecule has 6 rings (SSSR count). The highest BCUT2D eigenvalue weighted by atomic mass is 79.9. The number of halogens is 1. The summed E-state index contributed by atoms with van der Waals surface area (Å²) in [4.78, 5) is 28.9. The van der Waals surface area contributed by atoms with Gasteiger partial charge in [0.05, 0.1) is 22.0 Å². The minimum atomic E-state index is -0.447. The summed E-state index contributed by atoms with van der Waals surface area (Å²) >= 11 is 3.47. The molecule has 0 unspecified atom stereocenters. The summed E-state index contributed by atoms with van der Waals surface area (Å²) in [5, 5.41) is 16.9. The molecule has 0 bridgehead atoms. The van der Waals surface area contributed by atoms with Crippen molar-refractivity contribution in [2.75, 3.05) is 0 Å². The zero-order valence-electron chi connectivity index (χ0n) is 20.7. The Kier molecular flexibility index (Phi) is 6.67. The number of ether oxygens (including phenoxy) is 1. The third-order valence-corrected chi connectivity index (χ3v) is 6.69. The molecule has 9 nitrogen and oxygen atoms in total. The molecule has 0 N–H and O–H groups in total. The molecule has 0 radical (unpaired) electrons. The molecule has 2 heterocycles. The standard InChI is InChI=1S/C30H19BrN4O5/c31-22-12-13-27-21(15-22)16-28(40-27)29-33-25-10-3-2-9-24(25)30(36)34(29)32-17-20-7-1-4-11-26(20)39-18-19-6-5-8-23(14-19)35(37)38/h1-17H,18H2. The average Bonchev–Trinajstić information content (AvgIpc) is 3.39. The first-order chi connectivity index (χ1) is 19.5. The average molecular weight is 595 g/mol. The zero-order chi connectivity index (χ0) is 27.6. The van der Waals surface area contributed by atoms with E-state index in [0.29, 0.717) is 39.1 Å². The monoisotopic (exact) mass is 594 g/mol. The van der Waals surface area contributed by atoms with Crippen LogP contribution < -0.4 is 10.3 Å². The maximum Gasteiger partial charge on any atom is 0.282 e. The molecule has 2 aromatic heterocycles. The number of hydrogen-bond acceptors (Lipinski definition) is 7. The molecule has 0 saturated carbocycles. The van der Waals surface area contributed by atoms with Gasteiger partial charge in [0.2, 0.25) is 5.82 Å². The molecule has 0 spiro atoms. The molecule has 6 aromatic rings. The predicted molar refractivity (Wildman–Crippen MR) is 156 cm³/mol. The maximum atomic E-state index is 13.6. The Hall–Kier alpha value is -5.09. The molecule has 10 heteroatoms. The Morgan fingerprint density at radius 1 is 1.00 bits per heavy atom. The molecule has 0 fully saturated rings. The molecule has 0 aliphatic carbocycles. The number of non-ortho nitro benzene ring substituents is 1. The third-order valence-electron chi connectivity index (χ3n) is 6.20. The van der Waals surface area contributed by atoms with E-state index in [1.165, 1.54) is 23.0 Å². The van der Waals surface area contributed by atoms with Crippen molar-refractivity contribution in [1.29, 1.82) is 0 Å². The third kappa shape index (κ3) is 4.99. The summed E-state index contributed by atoms with van der Waals surface area (Å²) in [6.07, 6.45) is 1.52. The number of furan rings is 1. The maximum absolute atomic E-state index is 13.6. The topological polar surface area (TPSA) is 113 Å². The predicted octanol–water partition coefficient (Wildman–Crippen LogP) is 6.94. The number of aromatic nitrogens is 2. The number of fused-ring (bicyclic) bond motifs is 2. The van der Waals surface area contributed by atoms with E-state index in [2.05, 4.69) is 21.0 Å². The second-order valence-corrected chi connectivity index (χ2v) is 9.78. The number of nitro benzene ring substituents is 1. The van der Waals surface area contributed by atoms with Crippen molar-refractivity contribution in [3.05, 3.63) is 133 Å². The first-order valence-corrected chi connectivity index (χ1v) is 13.0. The highest BCUT2D eigenvalue weighted by Crippen LogP contribution is 2.29. The number of rotatable bonds is 7. The molecule has 40 heavy (non-hydrogen) atoms. The number of para-hydroxylation sites is 2. The summed E-state index contributed by atoms with van der Waals surface area (Å²) in [5.74, 6) is 1.14. The lowest BCUT2D eigenvalue weighted by molar-refractivity contribution is -0.384. The van der Waals surface area contributed by atoms with Crippen LogP contribution in [-0.4, -0.2) is 20.8 Å². The number of nitrogens with zero attached hydrogens (tertiary/aromatic N) is 4. The van der Waals surface area contributed by atoms with Crippen LogP contribution in [0.1, 0.15) is 11.1 Å². The van der Waals surface area contributed by atoms with E-state index in [1.807, 2.05) is 42.5 Å². The van der Waals surface area contributed by atoms with Crippen molar-refractivity contribution in [1.82, 2.24) is 9.66 Å². The highest BCUT2D eigenvalue weighted by Gasteiger charge is 2.17. The van der Waals surface area contributed by atoms with Crippen molar-refractivity contribution in [2.24, 2.45) is 5.10 Å². The van der Waals surface area contributed by atoms with Gasteiger partial charge in [0.25, 0.3) is 11.2 Å². The lowest BCUT2D eigenvalue weighted by Crippen LogP contribution is -2.20. The Morgan fingerprint density at radius 2 is 1.82 bits per heavy atom. The molecule has 196 valence electrons. The Labute approximate surface area is 235 Å². The fraction of sp³-hybridized carbons (Fsp3) is 0.0333. The van der Waals surface area contributed by atoms with E-state index in [1.54, 1.807) is 42.5 Å². The van der Waals surface area contributed by atoms with Gasteiger partial charge in [0.15, 0.2) is 5.76 Å². The van der Waals surface area contributed by atoms with Crippen LogP contribution in [0.5, 0.6) is 5.75 Å². The van der Waals surface area contributed by atoms with Crippen molar-refractivity contribution >= 4 is 49.7 Å². The van der Waals surface area contributed by atoms with Crippen LogP contribution >= 0.6 is 15.9 Å². The second-order valence-electron chi connectivity index (χ2n) is 8.86. The molecule has 0 aliphatic rings. The van der Waals surface area contributed by atoms with E-state index in [9.17, 15) is 14.9 Å². The van der Waals surface area contributed by atoms with Gasteiger partial charge in [-0.25, -0.2) is 4.98 Å². The van der Waals surface area contributed by atoms with Crippen molar-refractivity contribution < 1.29 is 14.1 Å². The first kappa shape index (κ1) is 25.2. The molecular formula is C30H19BrN4O5. The minimum Gasteiger partial charge on any atom is -0.488 e. The van der Waals surface area contributed by atoms with Gasteiger partial charge in [-0.15, -0.1) is 0 Å². The van der Waals surface area contributed by atoms with Crippen LogP contribution in [0.25, 0.3) is 33.5 Å². The lowest BCUT2D eigenvalue weighted by Gasteiger charge is -2.10. The van der Waals surface area contributed by atoms with Gasteiger partial charge in [-0.05, 0) is 54.1 Å². The molecule has 0 saturated heterocycles. The van der Waals surface area contributed by atoms with E-state index in [0.717, 1.165) is 9.86 Å². The van der Waals surface area contributed by atoms with E-state index < -0.39 is 4.92 Å². The number of benzene rings is 4.